The van der Waals surface area contributed by atoms with E-state index in [1.807, 2.05) is 0 Å². The first-order valence-electron chi connectivity index (χ1n) is 4.77. The largest absolute Gasteiger partial charge is 0.496 e. The normalized spacial score (nSPS) is 9.62. The molecule has 0 aliphatic heterocycles. The van der Waals surface area contributed by atoms with E-state index in [-0.39, 0.29) is 11.8 Å². The highest BCUT2D eigenvalue weighted by atomic mass is 19.1. The van der Waals surface area contributed by atoms with Crippen LogP contribution in [0, 0.1) is 5.82 Å². The van der Waals surface area contributed by atoms with Gasteiger partial charge in [0.15, 0.2) is 0 Å². The quantitative estimate of drug-likeness (QED) is 0.289. The zero-order valence-electron chi connectivity index (χ0n) is 9.03. The number of nitrogens with zero attached hydrogens (tertiary/aromatic N) is 1. The van der Waals surface area contributed by atoms with Gasteiger partial charge < -0.3 is 21.6 Å². The molecule has 0 amide bonds. The molecule has 1 aromatic rings. The van der Waals surface area contributed by atoms with Gasteiger partial charge >= 0.3 is 0 Å². The second kappa shape index (κ2) is 5.79. The molecule has 5 N–H and O–H groups in total. The van der Waals surface area contributed by atoms with Crippen LogP contribution in [0.1, 0.15) is 5.56 Å². The van der Waals surface area contributed by atoms with Crippen molar-refractivity contribution in [2.45, 2.75) is 6.42 Å². The average Bonchev–Trinajstić information content (AvgIpc) is 2.24. The molecular weight excluding hydrogens is 211 g/mol. The number of guanidine groups is 1. The van der Waals surface area contributed by atoms with E-state index in [4.69, 9.17) is 16.2 Å². The Morgan fingerprint density at radius 3 is 2.88 bits per heavy atom. The minimum absolute atomic E-state index is 0.0359. The van der Waals surface area contributed by atoms with Crippen LogP contribution in [0.4, 0.5) is 4.39 Å². The molecule has 0 fully saturated rings. The van der Waals surface area contributed by atoms with Crippen molar-refractivity contribution >= 4 is 5.96 Å². The summed E-state index contributed by atoms with van der Waals surface area (Å²) in [6.07, 6.45) is 0.567. The molecule has 6 heteroatoms. The standard InChI is InChI=1S/C10H15FN4O/c1-16-9-3-2-8(11)6-7(9)4-5-14-15-10(12)13/h2-3,6,14H,4-5H2,1H3,(H4,12,13,15). The van der Waals surface area contributed by atoms with Crippen LogP contribution < -0.4 is 21.6 Å². The van der Waals surface area contributed by atoms with Gasteiger partial charge in [-0.15, -0.1) is 5.10 Å². The number of hydrogen-bond acceptors (Lipinski definition) is 3. The Bertz CT molecular complexity index is 377. The first-order valence-corrected chi connectivity index (χ1v) is 4.77. The van der Waals surface area contributed by atoms with Crippen molar-refractivity contribution in [3.63, 3.8) is 0 Å². The topological polar surface area (TPSA) is 85.7 Å². The molecule has 0 aliphatic carbocycles. The maximum absolute atomic E-state index is 13.0. The third kappa shape index (κ3) is 3.64. The maximum atomic E-state index is 13.0. The Labute approximate surface area is 93.3 Å². The number of ether oxygens (including phenoxy) is 1. The molecule has 0 spiro atoms. The van der Waals surface area contributed by atoms with Gasteiger partial charge in [0, 0.05) is 6.54 Å². The molecule has 0 aromatic heterocycles. The summed E-state index contributed by atoms with van der Waals surface area (Å²) in [5.74, 6) is 0.316. The van der Waals surface area contributed by atoms with Crippen LogP contribution in [-0.4, -0.2) is 19.6 Å². The molecule has 16 heavy (non-hydrogen) atoms. The molecule has 0 saturated heterocycles. The molecule has 0 atom stereocenters. The Morgan fingerprint density at radius 2 is 2.25 bits per heavy atom. The second-order valence-corrected chi connectivity index (χ2v) is 3.15. The molecule has 0 bridgehead atoms. The summed E-state index contributed by atoms with van der Waals surface area (Å²) in [5.41, 5.74) is 13.7. The van der Waals surface area contributed by atoms with Gasteiger partial charge in [-0.25, -0.2) is 4.39 Å². The summed E-state index contributed by atoms with van der Waals surface area (Å²) in [6.45, 7) is 0.498. The van der Waals surface area contributed by atoms with E-state index >= 15 is 0 Å². The van der Waals surface area contributed by atoms with E-state index < -0.39 is 0 Å². The molecule has 88 valence electrons. The van der Waals surface area contributed by atoms with Gasteiger partial charge in [-0.05, 0) is 30.2 Å². The Balaban J connectivity index is 2.58. The fourth-order valence-corrected chi connectivity index (χ4v) is 1.28. The minimum Gasteiger partial charge on any atom is -0.496 e. The molecule has 5 nitrogen and oxygen atoms in total. The van der Waals surface area contributed by atoms with Crippen molar-refractivity contribution in [2.75, 3.05) is 13.7 Å². The highest BCUT2D eigenvalue weighted by Gasteiger charge is 2.03. The van der Waals surface area contributed by atoms with Gasteiger partial charge in [0.05, 0.1) is 7.11 Å². The van der Waals surface area contributed by atoms with Crippen molar-refractivity contribution in [3.8, 4) is 5.75 Å². The van der Waals surface area contributed by atoms with Gasteiger partial charge in [0.1, 0.15) is 11.6 Å². The smallest absolute Gasteiger partial charge is 0.208 e. The molecule has 0 unspecified atom stereocenters. The second-order valence-electron chi connectivity index (χ2n) is 3.15. The van der Waals surface area contributed by atoms with Crippen molar-refractivity contribution < 1.29 is 9.13 Å². The first kappa shape index (κ1) is 12.1. The van der Waals surface area contributed by atoms with Crippen molar-refractivity contribution in [2.24, 2.45) is 16.6 Å². The lowest BCUT2D eigenvalue weighted by atomic mass is 10.1. The van der Waals surface area contributed by atoms with E-state index in [0.29, 0.717) is 18.7 Å². The molecule has 0 saturated carbocycles. The summed E-state index contributed by atoms with van der Waals surface area (Å²) in [5, 5.41) is 3.61. The Morgan fingerprint density at radius 1 is 1.50 bits per heavy atom. The summed E-state index contributed by atoms with van der Waals surface area (Å²) >= 11 is 0. The van der Waals surface area contributed by atoms with Gasteiger partial charge in [0.25, 0.3) is 0 Å². The van der Waals surface area contributed by atoms with Gasteiger partial charge in [-0.2, -0.15) is 0 Å². The molecule has 0 radical (unpaired) electrons. The van der Waals surface area contributed by atoms with E-state index in [2.05, 4.69) is 10.5 Å². The minimum atomic E-state index is -0.294. The van der Waals surface area contributed by atoms with E-state index in [1.165, 1.54) is 12.1 Å². The van der Waals surface area contributed by atoms with Crippen LogP contribution in [0.25, 0.3) is 0 Å². The highest BCUT2D eigenvalue weighted by molar-refractivity contribution is 5.75. The molecule has 0 aliphatic rings. The highest BCUT2D eigenvalue weighted by Crippen LogP contribution is 2.19. The number of nitrogens with two attached hydrogens (primary N) is 2. The Hall–Kier alpha value is -1.98. The fraction of sp³-hybridized carbons (Fsp3) is 0.300. The fourth-order valence-electron chi connectivity index (χ4n) is 1.28. The number of methoxy groups -OCH3 is 1. The van der Waals surface area contributed by atoms with Crippen molar-refractivity contribution in [3.05, 3.63) is 29.6 Å². The number of hydrogen-bond donors (Lipinski definition) is 3. The number of benzene rings is 1. The zero-order valence-corrected chi connectivity index (χ0v) is 9.03. The number of rotatable bonds is 5. The predicted molar refractivity (Wildman–Crippen MR) is 60.5 cm³/mol. The third-order valence-corrected chi connectivity index (χ3v) is 1.96. The van der Waals surface area contributed by atoms with E-state index in [0.717, 1.165) is 5.56 Å². The predicted octanol–water partition coefficient (Wildman–Crippen LogP) is 0.155. The summed E-state index contributed by atoms with van der Waals surface area (Å²) < 4.78 is 18.1. The Kier molecular flexibility index (Phi) is 4.38. The monoisotopic (exact) mass is 226 g/mol. The van der Waals surface area contributed by atoms with Crippen LogP contribution in [0.3, 0.4) is 0 Å². The molecule has 1 aromatic carbocycles. The van der Waals surface area contributed by atoms with E-state index in [1.54, 1.807) is 13.2 Å². The van der Waals surface area contributed by atoms with Crippen LogP contribution in [0.5, 0.6) is 5.75 Å². The molecular formula is C10H15FN4O. The van der Waals surface area contributed by atoms with Crippen LogP contribution in [0.15, 0.2) is 23.3 Å². The summed E-state index contributed by atoms with van der Waals surface area (Å²) in [7, 11) is 1.54. The van der Waals surface area contributed by atoms with Gasteiger partial charge in [-0.1, -0.05) is 0 Å². The molecule has 0 heterocycles. The lowest BCUT2D eigenvalue weighted by Crippen LogP contribution is -2.27. The SMILES string of the molecule is COc1ccc(F)cc1CCNN=C(N)N. The van der Waals surface area contributed by atoms with Crippen molar-refractivity contribution in [1.29, 1.82) is 0 Å². The molecule has 1 rings (SSSR count). The number of halogens is 1. The van der Waals surface area contributed by atoms with Crippen LogP contribution >= 0.6 is 0 Å². The van der Waals surface area contributed by atoms with Gasteiger partial charge in [-0.3, -0.25) is 0 Å². The number of nitrogens with one attached hydrogen (secondary N) is 1. The average molecular weight is 226 g/mol. The summed E-state index contributed by atoms with van der Waals surface area (Å²) in [4.78, 5) is 0. The van der Waals surface area contributed by atoms with Crippen LogP contribution in [-0.2, 0) is 6.42 Å². The van der Waals surface area contributed by atoms with E-state index in [9.17, 15) is 4.39 Å². The van der Waals surface area contributed by atoms with Crippen LogP contribution in [0.2, 0.25) is 0 Å². The zero-order chi connectivity index (χ0) is 12.0. The lowest BCUT2D eigenvalue weighted by molar-refractivity contribution is 0.408. The third-order valence-electron chi connectivity index (χ3n) is 1.96. The maximum Gasteiger partial charge on any atom is 0.208 e. The van der Waals surface area contributed by atoms with Crippen molar-refractivity contribution in [1.82, 2.24) is 5.43 Å². The lowest BCUT2D eigenvalue weighted by Gasteiger charge is -2.08. The number of hydrazone groups is 1. The van der Waals surface area contributed by atoms with Gasteiger partial charge in [0.2, 0.25) is 5.96 Å². The first-order chi connectivity index (χ1) is 7.63. The summed E-state index contributed by atoms with van der Waals surface area (Å²) in [6, 6.07) is 4.37.